The van der Waals surface area contributed by atoms with Crippen molar-refractivity contribution in [1.82, 2.24) is 4.98 Å². The van der Waals surface area contributed by atoms with Crippen molar-refractivity contribution in [3.8, 4) is 0 Å². The van der Waals surface area contributed by atoms with E-state index in [-0.39, 0.29) is 11.4 Å². The van der Waals surface area contributed by atoms with E-state index >= 15 is 0 Å². The molecular formula is C12H12FN3O2S. The molecule has 19 heavy (non-hydrogen) atoms. The van der Waals surface area contributed by atoms with Crippen LogP contribution in [0.3, 0.4) is 0 Å². The maximum absolute atomic E-state index is 13.5. The van der Waals surface area contributed by atoms with Crippen molar-refractivity contribution in [1.29, 1.82) is 0 Å². The van der Waals surface area contributed by atoms with Crippen molar-refractivity contribution in [3.05, 3.63) is 49.7 Å². The number of halogens is 1. The lowest BCUT2D eigenvalue weighted by atomic mass is 10.2. The zero-order chi connectivity index (χ0) is 14.0. The highest BCUT2D eigenvalue weighted by molar-refractivity contribution is 7.11. The van der Waals surface area contributed by atoms with Gasteiger partial charge in [-0.2, -0.15) is 0 Å². The molecule has 0 bridgehead atoms. The third kappa shape index (κ3) is 3.05. The highest BCUT2D eigenvalue weighted by atomic mass is 32.1. The van der Waals surface area contributed by atoms with Crippen LogP contribution in [0, 0.1) is 29.8 Å². The molecule has 0 aliphatic rings. The lowest BCUT2D eigenvalue weighted by Gasteiger charge is -2.06. The first-order chi connectivity index (χ1) is 8.97. The molecule has 1 aromatic heterocycles. The Morgan fingerprint density at radius 3 is 2.79 bits per heavy atom. The van der Waals surface area contributed by atoms with Gasteiger partial charge >= 0.3 is 0 Å². The number of anilines is 1. The first-order valence-electron chi connectivity index (χ1n) is 5.58. The number of nitro benzene ring substituents is 1. The van der Waals surface area contributed by atoms with Gasteiger partial charge in [-0.1, -0.05) is 0 Å². The quantitative estimate of drug-likeness (QED) is 0.688. The Hall–Kier alpha value is -2.02. The van der Waals surface area contributed by atoms with Gasteiger partial charge in [0.15, 0.2) is 0 Å². The number of nitrogens with zero attached hydrogens (tertiary/aromatic N) is 2. The summed E-state index contributed by atoms with van der Waals surface area (Å²) in [5.41, 5.74) is 0.876. The first-order valence-corrected chi connectivity index (χ1v) is 6.39. The van der Waals surface area contributed by atoms with Gasteiger partial charge in [-0.25, -0.2) is 9.37 Å². The molecule has 0 unspecified atom stereocenters. The summed E-state index contributed by atoms with van der Waals surface area (Å²) in [5, 5.41) is 14.5. The zero-order valence-corrected chi connectivity index (χ0v) is 11.3. The van der Waals surface area contributed by atoms with E-state index in [0.29, 0.717) is 6.54 Å². The second kappa shape index (κ2) is 5.31. The van der Waals surface area contributed by atoms with E-state index in [1.165, 1.54) is 17.4 Å². The molecule has 1 heterocycles. The van der Waals surface area contributed by atoms with Crippen LogP contribution in [-0.2, 0) is 6.54 Å². The van der Waals surface area contributed by atoms with Crippen molar-refractivity contribution < 1.29 is 9.31 Å². The lowest BCUT2D eigenvalue weighted by Crippen LogP contribution is -2.02. The Kier molecular flexibility index (Phi) is 3.75. The van der Waals surface area contributed by atoms with Crippen LogP contribution in [0.4, 0.5) is 15.8 Å². The van der Waals surface area contributed by atoms with Gasteiger partial charge in [0.2, 0.25) is 0 Å². The predicted molar refractivity (Wildman–Crippen MR) is 72.0 cm³/mol. The number of rotatable bonds is 4. The highest BCUT2D eigenvalue weighted by Crippen LogP contribution is 2.23. The van der Waals surface area contributed by atoms with E-state index in [9.17, 15) is 14.5 Å². The van der Waals surface area contributed by atoms with Gasteiger partial charge in [0.05, 0.1) is 27.9 Å². The van der Waals surface area contributed by atoms with Gasteiger partial charge < -0.3 is 5.32 Å². The zero-order valence-electron chi connectivity index (χ0n) is 10.4. The Bertz CT molecular complexity index is 627. The minimum Gasteiger partial charge on any atom is -0.378 e. The average Bonchev–Trinajstić information content (AvgIpc) is 2.66. The monoisotopic (exact) mass is 281 g/mol. The molecule has 0 fully saturated rings. The maximum atomic E-state index is 13.5. The summed E-state index contributed by atoms with van der Waals surface area (Å²) in [5.74, 6) is -0.510. The molecule has 100 valence electrons. The van der Waals surface area contributed by atoms with Crippen LogP contribution in [0.2, 0.25) is 0 Å². The third-order valence-corrected chi connectivity index (χ3v) is 3.67. The fourth-order valence-electron chi connectivity index (χ4n) is 1.68. The molecule has 2 rings (SSSR count). The van der Waals surface area contributed by atoms with Crippen LogP contribution in [0.15, 0.2) is 18.2 Å². The fraction of sp³-hybridized carbons (Fsp3) is 0.250. The largest absolute Gasteiger partial charge is 0.378 e. The predicted octanol–water partition coefficient (Wildman–Crippen LogP) is 3.42. The summed E-state index contributed by atoms with van der Waals surface area (Å²) < 4.78 is 13.5. The van der Waals surface area contributed by atoms with Crippen molar-refractivity contribution in [2.75, 3.05) is 5.32 Å². The maximum Gasteiger partial charge on any atom is 0.271 e. The SMILES string of the molecule is Cc1nc(C)c(CNc2cc([N+](=O)[O-])ccc2F)s1. The standard InChI is InChI=1S/C12H12FN3O2S/c1-7-12(19-8(2)15-7)6-14-11-5-9(16(17)18)3-4-10(11)13/h3-5,14H,6H2,1-2H3. The molecule has 0 atom stereocenters. The topological polar surface area (TPSA) is 68.1 Å². The Balaban J connectivity index is 2.17. The lowest BCUT2D eigenvalue weighted by molar-refractivity contribution is -0.384. The van der Waals surface area contributed by atoms with Gasteiger partial charge in [-0.05, 0) is 19.9 Å². The molecule has 0 saturated heterocycles. The minimum atomic E-state index is -0.549. The van der Waals surface area contributed by atoms with E-state index in [1.54, 1.807) is 0 Å². The van der Waals surface area contributed by atoms with Crippen LogP contribution in [-0.4, -0.2) is 9.91 Å². The van der Waals surface area contributed by atoms with Gasteiger partial charge in [-0.3, -0.25) is 10.1 Å². The molecule has 0 aliphatic heterocycles. The molecule has 0 aliphatic carbocycles. The number of nitro groups is 1. The van der Waals surface area contributed by atoms with Gasteiger partial charge in [0, 0.05) is 17.0 Å². The molecule has 0 radical (unpaired) electrons. The highest BCUT2D eigenvalue weighted by Gasteiger charge is 2.11. The summed E-state index contributed by atoms with van der Waals surface area (Å²) >= 11 is 1.52. The number of nitrogens with one attached hydrogen (secondary N) is 1. The van der Waals surface area contributed by atoms with Crippen LogP contribution >= 0.6 is 11.3 Å². The summed E-state index contributed by atoms with van der Waals surface area (Å²) in [6, 6.07) is 3.42. The Morgan fingerprint density at radius 1 is 1.47 bits per heavy atom. The Labute approximate surface area is 113 Å². The molecule has 5 nitrogen and oxygen atoms in total. The number of thiazole rings is 1. The Morgan fingerprint density at radius 2 is 2.21 bits per heavy atom. The number of hydrogen-bond acceptors (Lipinski definition) is 5. The second-order valence-electron chi connectivity index (χ2n) is 4.02. The molecule has 7 heteroatoms. The van der Waals surface area contributed by atoms with E-state index < -0.39 is 10.7 Å². The van der Waals surface area contributed by atoms with Gasteiger partial charge in [-0.15, -0.1) is 11.3 Å². The number of non-ortho nitro benzene ring substituents is 1. The van der Waals surface area contributed by atoms with E-state index in [2.05, 4.69) is 10.3 Å². The average molecular weight is 281 g/mol. The molecule has 2 aromatic rings. The summed E-state index contributed by atoms with van der Waals surface area (Å²) in [6.07, 6.45) is 0. The summed E-state index contributed by atoms with van der Waals surface area (Å²) in [6.45, 7) is 4.18. The smallest absolute Gasteiger partial charge is 0.271 e. The fourth-order valence-corrected chi connectivity index (χ4v) is 2.55. The van der Waals surface area contributed by atoms with Gasteiger partial charge in [0.25, 0.3) is 5.69 Å². The molecule has 0 saturated carbocycles. The second-order valence-corrected chi connectivity index (χ2v) is 5.30. The number of aromatic nitrogens is 1. The van der Waals surface area contributed by atoms with Crippen molar-refractivity contribution >= 4 is 22.7 Å². The molecule has 0 amide bonds. The molecule has 0 spiro atoms. The molecule has 1 N–H and O–H groups in total. The van der Waals surface area contributed by atoms with Crippen molar-refractivity contribution in [3.63, 3.8) is 0 Å². The van der Waals surface area contributed by atoms with Crippen LogP contribution in [0.25, 0.3) is 0 Å². The van der Waals surface area contributed by atoms with E-state index in [4.69, 9.17) is 0 Å². The molecular weight excluding hydrogens is 269 g/mol. The number of hydrogen-bond donors (Lipinski definition) is 1. The van der Waals surface area contributed by atoms with E-state index in [0.717, 1.165) is 27.7 Å². The van der Waals surface area contributed by atoms with Crippen molar-refractivity contribution in [2.45, 2.75) is 20.4 Å². The minimum absolute atomic E-state index is 0.125. The third-order valence-electron chi connectivity index (χ3n) is 2.60. The number of benzene rings is 1. The van der Waals surface area contributed by atoms with E-state index in [1.807, 2.05) is 13.8 Å². The number of aryl methyl sites for hydroxylation is 2. The van der Waals surface area contributed by atoms with Crippen molar-refractivity contribution in [2.24, 2.45) is 0 Å². The van der Waals surface area contributed by atoms with Gasteiger partial charge in [0.1, 0.15) is 5.82 Å². The summed E-state index contributed by atoms with van der Waals surface area (Å²) in [7, 11) is 0. The summed E-state index contributed by atoms with van der Waals surface area (Å²) in [4.78, 5) is 15.4. The normalized spacial score (nSPS) is 10.5. The molecule has 1 aromatic carbocycles. The first kappa shape index (κ1) is 13.4. The van der Waals surface area contributed by atoms with Crippen LogP contribution in [0.1, 0.15) is 15.6 Å². The van der Waals surface area contributed by atoms with Crippen LogP contribution in [0.5, 0.6) is 0 Å². The van der Waals surface area contributed by atoms with Crippen LogP contribution < -0.4 is 5.32 Å².